The van der Waals surface area contributed by atoms with Gasteiger partial charge in [-0.05, 0) is 44.1 Å². The van der Waals surface area contributed by atoms with Gasteiger partial charge in [0.1, 0.15) is 4.83 Å². The fourth-order valence-corrected chi connectivity index (χ4v) is 7.24. The van der Waals surface area contributed by atoms with E-state index in [1.165, 1.54) is 36.1 Å². The molecule has 0 spiro atoms. The minimum atomic E-state index is 0.241. The Kier molecular flexibility index (Phi) is 5.77. The molecule has 0 unspecified atom stereocenters. The molecule has 28 heavy (non-hydrogen) atoms. The van der Waals surface area contributed by atoms with Gasteiger partial charge in [-0.25, -0.2) is 4.98 Å². The van der Waals surface area contributed by atoms with Crippen LogP contribution in [0, 0.1) is 0 Å². The van der Waals surface area contributed by atoms with Crippen molar-refractivity contribution in [2.75, 3.05) is 38.6 Å². The summed E-state index contributed by atoms with van der Waals surface area (Å²) < 4.78 is 7.53. The molecule has 0 bridgehead atoms. The predicted octanol–water partition coefficient (Wildman–Crippen LogP) is 3.88. The van der Waals surface area contributed by atoms with Gasteiger partial charge >= 0.3 is 0 Å². The zero-order chi connectivity index (χ0) is 18.9. The lowest BCUT2D eigenvalue weighted by Crippen LogP contribution is -2.37. The molecular formula is C21H29N3O2S2. The summed E-state index contributed by atoms with van der Waals surface area (Å²) in [5, 5.41) is 1.90. The van der Waals surface area contributed by atoms with E-state index in [9.17, 15) is 4.79 Å². The smallest absolute Gasteiger partial charge is 0.263 e. The average Bonchev–Trinajstić information content (AvgIpc) is 3.36. The van der Waals surface area contributed by atoms with Crippen LogP contribution in [0.4, 0.5) is 0 Å². The van der Waals surface area contributed by atoms with Gasteiger partial charge in [0.2, 0.25) is 0 Å². The fourth-order valence-electron chi connectivity index (χ4n) is 4.88. The van der Waals surface area contributed by atoms with Crippen LogP contribution >= 0.6 is 23.1 Å². The standard InChI is InChI=1S/C21H29N3O2S2/c25-20-18-16-7-3-4-8-17(16)28-19(18)22-21(24(20)15-5-1-2-6-15)27-14-11-23-9-12-26-13-10-23/h15H,1-14H2. The number of fused-ring (bicyclic) bond motifs is 3. The van der Waals surface area contributed by atoms with Gasteiger partial charge in [-0.15, -0.1) is 11.3 Å². The number of aromatic nitrogens is 2. The average molecular weight is 420 g/mol. The molecule has 5 nitrogen and oxygen atoms in total. The number of nitrogens with zero attached hydrogens (tertiary/aromatic N) is 3. The summed E-state index contributed by atoms with van der Waals surface area (Å²) in [5.41, 5.74) is 1.56. The molecule has 0 N–H and O–H groups in total. The minimum absolute atomic E-state index is 0.241. The van der Waals surface area contributed by atoms with Crippen molar-refractivity contribution in [1.29, 1.82) is 0 Å². The number of rotatable bonds is 5. The predicted molar refractivity (Wildman–Crippen MR) is 116 cm³/mol. The molecule has 152 valence electrons. The van der Waals surface area contributed by atoms with E-state index < -0.39 is 0 Å². The molecule has 1 aliphatic heterocycles. The summed E-state index contributed by atoms with van der Waals surface area (Å²) in [6.45, 7) is 4.73. The van der Waals surface area contributed by atoms with Gasteiger partial charge in [0.05, 0.1) is 18.6 Å². The van der Waals surface area contributed by atoms with E-state index in [0.29, 0.717) is 6.04 Å². The SMILES string of the molecule is O=c1c2c3c(sc2nc(SCCN2CCOCC2)n1C1CCCC1)CCCC3. The van der Waals surface area contributed by atoms with Gasteiger partial charge in [-0.3, -0.25) is 14.3 Å². The monoisotopic (exact) mass is 419 g/mol. The number of morpholine rings is 1. The highest BCUT2D eigenvalue weighted by Gasteiger charge is 2.27. The summed E-state index contributed by atoms with van der Waals surface area (Å²) >= 11 is 3.55. The minimum Gasteiger partial charge on any atom is -0.379 e. The summed E-state index contributed by atoms with van der Waals surface area (Å²) in [5.74, 6) is 0.982. The van der Waals surface area contributed by atoms with Crippen LogP contribution in [0.3, 0.4) is 0 Å². The maximum absolute atomic E-state index is 13.6. The Bertz CT molecular complexity index is 895. The first-order valence-electron chi connectivity index (χ1n) is 10.8. The molecule has 2 fully saturated rings. The zero-order valence-corrected chi connectivity index (χ0v) is 18.1. The Morgan fingerprint density at radius 3 is 2.71 bits per heavy atom. The Labute approximate surface area is 174 Å². The van der Waals surface area contributed by atoms with Gasteiger partial charge in [0, 0.05) is 36.3 Å². The molecule has 0 atom stereocenters. The first kappa shape index (κ1) is 19.1. The van der Waals surface area contributed by atoms with Crippen LogP contribution < -0.4 is 5.56 Å². The normalized spacial score (nSPS) is 21.4. The molecule has 0 amide bonds. The van der Waals surface area contributed by atoms with E-state index >= 15 is 0 Å². The Balaban J connectivity index is 1.47. The Hall–Kier alpha value is -0.890. The molecule has 7 heteroatoms. The van der Waals surface area contributed by atoms with Crippen molar-refractivity contribution in [3.63, 3.8) is 0 Å². The number of thioether (sulfide) groups is 1. The maximum Gasteiger partial charge on any atom is 0.263 e. The van der Waals surface area contributed by atoms with E-state index in [1.54, 1.807) is 23.1 Å². The molecule has 1 saturated heterocycles. The van der Waals surface area contributed by atoms with Crippen LogP contribution in [0.15, 0.2) is 9.95 Å². The highest BCUT2D eigenvalue weighted by atomic mass is 32.2. The zero-order valence-electron chi connectivity index (χ0n) is 16.5. The highest BCUT2D eigenvalue weighted by molar-refractivity contribution is 7.99. The first-order chi connectivity index (χ1) is 13.8. The third-order valence-corrected chi connectivity index (χ3v) is 8.54. The van der Waals surface area contributed by atoms with Crippen LogP contribution in [0.5, 0.6) is 0 Å². The molecule has 3 heterocycles. The van der Waals surface area contributed by atoms with Crippen LogP contribution in [0.25, 0.3) is 10.2 Å². The van der Waals surface area contributed by atoms with Gasteiger partial charge in [0.15, 0.2) is 5.16 Å². The number of hydrogen-bond donors (Lipinski definition) is 0. The highest BCUT2D eigenvalue weighted by Crippen LogP contribution is 2.37. The van der Waals surface area contributed by atoms with E-state index in [-0.39, 0.29) is 5.56 Å². The third kappa shape index (κ3) is 3.66. The van der Waals surface area contributed by atoms with Gasteiger partial charge in [-0.2, -0.15) is 0 Å². The first-order valence-corrected chi connectivity index (χ1v) is 12.6. The van der Waals surface area contributed by atoms with E-state index in [4.69, 9.17) is 9.72 Å². The molecule has 2 aromatic heterocycles. The molecular weight excluding hydrogens is 390 g/mol. The topological polar surface area (TPSA) is 47.4 Å². The van der Waals surface area contributed by atoms with Crippen molar-refractivity contribution >= 4 is 33.3 Å². The summed E-state index contributed by atoms with van der Waals surface area (Å²) in [7, 11) is 0. The van der Waals surface area contributed by atoms with E-state index in [2.05, 4.69) is 9.47 Å². The maximum atomic E-state index is 13.6. The van der Waals surface area contributed by atoms with Crippen molar-refractivity contribution in [3.8, 4) is 0 Å². The van der Waals surface area contributed by atoms with Crippen LogP contribution in [-0.4, -0.2) is 53.1 Å². The van der Waals surface area contributed by atoms with Crippen LogP contribution in [0.2, 0.25) is 0 Å². The van der Waals surface area contributed by atoms with Gasteiger partial charge in [-0.1, -0.05) is 24.6 Å². The van der Waals surface area contributed by atoms with Crippen molar-refractivity contribution < 1.29 is 4.74 Å². The van der Waals surface area contributed by atoms with Crippen LogP contribution in [-0.2, 0) is 17.6 Å². The van der Waals surface area contributed by atoms with Crippen molar-refractivity contribution in [3.05, 3.63) is 20.8 Å². The molecule has 2 aliphatic carbocycles. The van der Waals surface area contributed by atoms with Gasteiger partial charge in [0.25, 0.3) is 5.56 Å². The Morgan fingerprint density at radius 1 is 1.11 bits per heavy atom. The summed E-state index contributed by atoms with van der Waals surface area (Å²) in [6.07, 6.45) is 9.34. The van der Waals surface area contributed by atoms with Gasteiger partial charge < -0.3 is 4.74 Å². The molecule has 5 rings (SSSR count). The quantitative estimate of drug-likeness (QED) is 0.544. The number of hydrogen-bond acceptors (Lipinski definition) is 6. The third-order valence-electron chi connectivity index (χ3n) is 6.42. The molecule has 0 aromatic carbocycles. The second-order valence-corrected chi connectivity index (χ2v) is 10.3. The largest absolute Gasteiger partial charge is 0.379 e. The van der Waals surface area contributed by atoms with E-state index in [1.807, 2.05) is 0 Å². The second kappa shape index (κ2) is 8.46. The van der Waals surface area contributed by atoms with E-state index in [0.717, 1.165) is 79.7 Å². The van der Waals surface area contributed by atoms with Crippen molar-refractivity contribution in [1.82, 2.24) is 14.5 Å². The van der Waals surface area contributed by atoms with Crippen molar-refractivity contribution in [2.45, 2.75) is 62.6 Å². The Morgan fingerprint density at radius 2 is 1.89 bits per heavy atom. The van der Waals surface area contributed by atoms with Crippen molar-refractivity contribution in [2.24, 2.45) is 0 Å². The lowest BCUT2D eigenvalue weighted by Gasteiger charge is -2.26. The second-order valence-electron chi connectivity index (χ2n) is 8.20. The van der Waals surface area contributed by atoms with Crippen LogP contribution in [0.1, 0.15) is 55.0 Å². The molecule has 1 saturated carbocycles. The fraction of sp³-hybridized carbons (Fsp3) is 0.714. The summed E-state index contributed by atoms with van der Waals surface area (Å²) in [6, 6.07) is 0.342. The number of thiophene rings is 1. The molecule has 2 aromatic rings. The lowest BCUT2D eigenvalue weighted by molar-refractivity contribution is 0.0410. The number of ether oxygens (including phenoxy) is 1. The molecule has 0 radical (unpaired) electrons. The lowest BCUT2D eigenvalue weighted by atomic mass is 9.97. The number of aryl methyl sites for hydroxylation is 2. The molecule has 3 aliphatic rings. The summed E-state index contributed by atoms with van der Waals surface area (Å²) in [4.78, 5) is 23.6.